The molecule has 3 rings (SSSR count). The zero-order valence-corrected chi connectivity index (χ0v) is 13.8. The van der Waals surface area contributed by atoms with E-state index in [0.717, 1.165) is 35.7 Å². The highest BCUT2D eigenvalue weighted by atomic mass is 35.5. The van der Waals surface area contributed by atoms with E-state index in [1.807, 2.05) is 23.1 Å². The molecule has 2 bridgehead atoms. The molecule has 2 fully saturated rings. The van der Waals surface area contributed by atoms with E-state index in [1.165, 1.54) is 12.8 Å². The molecule has 0 saturated carbocycles. The summed E-state index contributed by atoms with van der Waals surface area (Å²) in [4.78, 5) is 15.9. The van der Waals surface area contributed by atoms with Gasteiger partial charge in [0, 0.05) is 35.1 Å². The lowest BCUT2D eigenvalue weighted by molar-refractivity contribution is 0.0744. The lowest BCUT2D eigenvalue weighted by Gasteiger charge is -2.25. The number of hydrogen-bond donors (Lipinski definition) is 1. The Labute approximate surface area is 135 Å². The molecule has 21 heavy (non-hydrogen) atoms. The summed E-state index contributed by atoms with van der Waals surface area (Å²) < 4.78 is 0. The van der Waals surface area contributed by atoms with E-state index in [4.69, 9.17) is 11.6 Å². The van der Waals surface area contributed by atoms with E-state index < -0.39 is 0 Å². The van der Waals surface area contributed by atoms with Crippen molar-refractivity contribution in [2.24, 2.45) is 0 Å². The van der Waals surface area contributed by atoms with Crippen molar-refractivity contribution in [2.75, 3.05) is 18.8 Å². The number of halogens is 1. The zero-order valence-electron chi connectivity index (χ0n) is 12.3. The lowest BCUT2D eigenvalue weighted by atomic mass is 10.1. The van der Waals surface area contributed by atoms with Crippen LogP contribution in [0.3, 0.4) is 0 Å². The Morgan fingerprint density at radius 3 is 3.00 bits per heavy atom. The third-order valence-electron chi connectivity index (χ3n) is 4.28. The van der Waals surface area contributed by atoms with Crippen molar-refractivity contribution in [1.29, 1.82) is 0 Å². The van der Waals surface area contributed by atoms with Crippen molar-refractivity contribution in [1.82, 2.24) is 10.2 Å². The van der Waals surface area contributed by atoms with Crippen LogP contribution in [0.15, 0.2) is 23.1 Å². The first-order chi connectivity index (χ1) is 10.2. The maximum Gasteiger partial charge on any atom is 0.255 e. The van der Waals surface area contributed by atoms with Crippen molar-refractivity contribution in [3.05, 3.63) is 28.8 Å². The molecule has 2 heterocycles. The predicted octanol–water partition coefficient (Wildman–Crippen LogP) is 3.42. The van der Waals surface area contributed by atoms with Crippen LogP contribution in [-0.2, 0) is 0 Å². The Kier molecular flexibility index (Phi) is 4.77. The molecule has 2 aliphatic rings. The third kappa shape index (κ3) is 3.38. The summed E-state index contributed by atoms with van der Waals surface area (Å²) in [5.41, 5.74) is 0.757. The van der Waals surface area contributed by atoms with Crippen molar-refractivity contribution in [3.63, 3.8) is 0 Å². The number of thioether (sulfide) groups is 1. The van der Waals surface area contributed by atoms with Crippen LogP contribution in [0.4, 0.5) is 0 Å². The van der Waals surface area contributed by atoms with Gasteiger partial charge in [-0.15, -0.1) is 11.8 Å². The fraction of sp³-hybridized carbons (Fsp3) is 0.562. The molecule has 3 nitrogen and oxygen atoms in total. The molecular weight excluding hydrogens is 304 g/mol. The highest BCUT2D eigenvalue weighted by Gasteiger charge is 2.32. The maximum absolute atomic E-state index is 12.9. The minimum Gasteiger partial charge on any atom is -0.337 e. The van der Waals surface area contributed by atoms with Crippen LogP contribution >= 0.6 is 23.4 Å². The summed E-state index contributed by atoms with van der Waals surface area (Å²) in [5.74, 6) is 1.08. The molecule has 1 amide bonds. The highest BCUT2D eigenvalue weighted by molar-refractivity contribution is 7.99. The maximum atomic E-state index is 12.9. The largest absolute Gasteiger partial charge is 0.337 e. The van der Waals surface area contributed by atoms with Gasteiger partial charge < -0.3 is 10.2 Å². The summed E-state index contributed by atoms with van der Waals surface area (Å²) in [5, 5.41) is 4.25. The smallest absolute Gasteiger partial charge is 0.255 e. The van der Waals surface area contributed by atoms with Gasteiger partial charge in [0.25, 0.3) is 5.91 Å². The van der Waals surface area contributed by atoms with Crippen LogP contribution < -0.4 is 5.32 Å². The Morgan fingerprint density at radius 2 is 2.19 bits per heavy atom. The van der Waals surface area contributed by atoms with Crippen molar-refractivity contribution in [2.45, 2.75) is 43.2 Å². The van der Waals surface area contributed by atoms with Crippen molar-refractivity contribution < 1.29 is 4.79 Å². The van der Waals surface area contributed by atoms with Crippen molar-refractivity contribution >= 4 is 29.3 Å². The molecule has 0 spiro atoms. The van der Waals surface area contributed by atoms with E-state index in [1.54, 1.807) is 11.8 Å². The monoisotopic (exact) mass is 324 g/mol. The van der Waals surface area contributed by atoms with Crippen LogP contribution in [0.2, 0.25) is 5.02 Å². The molecular formula is C16H21ClN2OS. The van der Waals surface area contributed by atoms with Gasteiger partial charge >= 0.3 is 0 Å². The SMILES string of the molecule is CCSc1ccc(Cl)cc1C(=O)N1CCC2CCC(C1)N2. The molecule has 0 radical (unpaired) electrons. The number of nitrogens with one attached hydrogen (secondary N) is 1. The number of fused-ring (bicyclic) bond motifs is 2. The number of rotatable bonds is 3. The molecule has 5 heteroatoms. The number of likely N-dealkylation sites (tertiary alicyclic amines) is 1. The minimum atomic E-state index is 0.128. The van der Waals surface area contributed by atoms with E-state index in [9.17, 15) is 4.79 Å². The van der Waals surface area contributed by atoms with Crippen LogP contribution in [0.25, 0.3) is 0 Å². The number of carbonyl (C=O) groups excluding carboxylic acids is 1. The predicted molar refractivity (Wildman–Crippen MR) is 88.3 cm³/mol. The molecule has 1 aromatic carbocycles. The molecule has 1 aromatic rings. The minimum absolute atomic E-state index is 0.128. The second-order valence-corrected chi connectivity index (χ2v) is 7.49. The lowest BCUT2D eigenvalue weighted by Crippen LogP contribution is -2.39. The first kappa shape index (κ1) is 15.2. The van der Waals surface area contributed by atoms with Gasteiger partial charge in [-0.05, 0) is 43.2 Å². The fourth-order valence-electron chi connectivity index (χ4n) is 3.25. The normalized spacial score (nSPS) is 25.0. The summed E-state index contributed by atoms with van der Waals surface area (Å²) in [7, 11) is 0. The average molecular weight is 325 g/mol. The second-order valence-electron chi connectivity index (χ2n) is 5.75. The molecule has 0 aromatic heterocycles. The number of carbonyl (C=O) groups is 1. The van der Waals surface area contributed by atoms with Gasteiger partial charge in [0.15, 0.2) is 0 Å². The zero-order chi connectivity index (χ0) is 14.8. The van der Waals surface area contributed by atoms with Gasteiger partial charge in [-0.25, -0.2) is 0 Å². The highest BCUT2D eigenvalue weighted by Crippen LogP contribution is 2.28. The Hall–Kier alpha value is -0.710. The summed E-state index contributed by atoms with van der Waals surface area (Å²) in [6, 6.07) is 6.70. The van der Waals surface area contributed by atoms with Crippen LogP contribution in [0.5, 0.6) is 0 Å². The van der Waals surface area contributed by atoms with Gasteiger partial charge in [-0.3, -0.25) is 4.79 Å². The van der Waals surface area contributed by atoms with Gasteiger partial charge in [0.1, 0.15) is 0 Å². The fourth-order valence-corrected chi connectivity index (χ4v) is 4.20. The first-order valence-corrected chi connectivity index (χ1v) is 9.01. The molecule has 0 aliphatic carbocycles. The first-order valence-electron chi connectivity index (χ1n) is 7.65. The van der Waals surface area contributed by atoms with Crippen LogP contribution in [-0.4, -0.2) is 41.7 Å². The molecule has 1 N–H and O–H groups in total. The van der Waals surface area contributed by atoms with E-state index >= 15 is 0 Å². The molecule has 114 valence electrons. The number of amides is 1. The summed E-state index contributed by atoms with van der Waals surface area (Å²) in [6.45, 7) is 3.76. The van der Waals surface area contributed by atoms with E-state index in [2.05, 4.69) is 12.2 Å². The summed E-state index contributed by atoms with van der Waals surface area (Å²) >= 11 is 7.80. The van der Waals surface area contributed by atoms with Crippen molar-refractivity contribution in [3.8, 4) is 0 Å². The Bertz CT molecular complexity index is 537. The topological polar surface area (TPSA) is 32.3 Å². The van der Waals surface area contributed by atoms with Gasteiger partial charge in [0.2, 0.25) is 0 Å². The van der Waals surface area contributed by atoms with E-state index in [-0.39, 0.29) is 5.91 Å². The van der Waals surface area contributed by atoms with Crippen LogP contribution in [0.1, 0.15) is 36.5 Å². The number of nitrogens with zero attached hydrogens (tertiary/aromatic N) is 1. The Morgan fingerprint density at radius 1 is 1.38 bits per heavy atom. The summed E-state index contributed by atoms with van der Waals surface area (Å²) in [6.07, 6.45) is 3.49. The Balaban J connectivity index is 1.82. The van der Waals surface area contributed by atoms with E-state index in [0.29, 0.717) is 17.1 Å². The molecule has 2 atom stereocenters. The van der Waals surface area contributed by atoms with Gasteiger partial charge in [0.05, 0.1) is 5.56 Å². The van der Waals surface area contributed by atoms with Crippen LogP contribution in [0, 0.1) is 0 Å². The average Bonchev–Trinajstić information content (AvgIpc) is 2.80. The molecule has 2 aliphatic heterocycles. The second kappa shape index (κ2) is 6.59. The standard InChI is InChI=1S/C16H21ClN2OS/c1-2-21-15-6-3-11(17)9-14(15)16(20)19-8-7-12-4-5-13(10-19)18-12/h3,6,9,12-13,18H,2,4-5,7-8,10H2,1H3. The molecule has 2 saturated heterocycles. The number of benzene rings is 1. The van der Waals surface area contributed by atoms with Gasteiger partial charge in [-0.1, -0.05) is 18.5 Å². The quantitative estimate of drug-likeness (QED) is 0.865. The van der Waals surface area contributed by atoms with Gasteiger partial charge in [-0.2, -0.15) is 0 Å². The third-order valence-corrected chi connectivity index (χ3v) is 5.47. The molecule has 2 unspecified atom stereocenters. The number of hydrogen-bond acceptors (Lipinski definition) is 3.